The fourth-order valence-electron chi connectivity index (χ4n) is 2.28. The Labute approximate surface area is 109 Å². The highest BCUT2D eigenvalue weighted by Crippen LogP contribution is 2.29. The first kappa shape index (κ1) is 14.8. The van der Waals surface area contributed by atoms with E-state index >= 15 is 0 Å². The number of amides is 1. The van der Waals surface area contributed by atoms with Gasteiger partial charge in [0.15, 0.2) is 0 Å². The van der Waals surface area contributed by atoms with Crippen molar-refractivity contribution in [3.05, 3.63) is 0 Å². The van der Waals surface area contributed by atoms with Crippen LogP contribution in [0.4, 0.5) is 0 Å². The quantitative estimate of drug-likeness (QED) is 0.735. The van der Waals surface area contributed by atoms with Gasteiger partial charge in [0.05, 0.1) is 0 Å². The fraction of sp³-hybridized carbons (Fsp3) is 0.923. The zero-order valence-corrected chi connectivity index (χ0v) is 11.9. The van der Waals surface area contributed by atoms with E-state index in [4.69, 9.17) is 5.73 Å². The van der Waals surface area contributed by atoms with Gasteiger partial charge in [0.1, 0.15) is 0 Å². The molecule has 0 aromatic carbocycles. The molecule has 1 aliphatic carbocycles. The number of thioether (sulfide) groups is 1. The maximum absolute atomic E-state index is 11.8. The molecule has 1 aliphatic rings. The standard InChI is InChI=1S/C13H26N2OS/c1-3-17-12-6-4-5-11(12)15-13(16)8-7-10(2)9-14/h10-12H,3-9,14H2,1-2H3,(H,15,16). The Morgan fingerprint density at radius 1 is 1.53 bits per heavy atom. The molecule has 17 heavy (non-hydrogen) atoms. The molecule has 1 fully saturated rings. The molecular formula is C13H26N2OS. The number of hydrogen-bond donors (Lipinski definition) is 2. The second kappa shape index (κ2) is 7.98. The van der Waals surface area contributed by atoms with E-state index in [2.05, 4.69) is 19.2 Å². The van der Waals surface area contributed by atoms with Crippen molar-refractivity contribution in [2.75, 3.05) is 12.3 Å². The first-order valence-corrected chi connectivity index (χ1v) is 7.83. The number of carbonyl (C=O) groups excluding carboxylic acids is 1. The van der Waals surface area contributed by atoms with E-state index in [0.29, 0.717) is 30.2 Å². The average molecular weight is 258 g/mol. The molecule has 3 N–H and O–H groups in total. The summed E-state index contributed by atoms with van der Waals surface area (Å²) >= 11 is 1.98. The number of rotatable bonds is 7. The van der Waals surface area contributed by atoms with E-state index < -0.39 is 0 Å². The van der Waals surface area contributed by atoms with Crippen molar-refractivity contribution in [1.82, 2.24) is 5.32 Å². The normalized spacial score (nSPS) is 25.8. The van der Waals surface area contributed by atoms with Gasteiger partial charge in [-0.3, -0.25) is 4.79 Å². The van der Waals surface area contributed by atoms with Crippen LogP contribution in [-0.4, -0.2) is 29.5 Å². The Balaban J connectivity index is 2.25. The van der Waals surface area contributed by atoms with Crippen LogP contribution in [0.5, 0.6) is 0 Å². The van der Waals surface area contributed by atoms with E-state index in [1.54, 1.807) is 0 Å². The average Bonchev–Trinajstić information content (AvgIpc) is 2.74. The molecular weight excluding hydrogens is 232 g/mol. The number of nitrogens with two attached hydrogens (primary N) is 1. The van der Waals surface area contributed by atoms with Crippen LogP contribution < -0.4 is 11.1 Å². The van der Waals surface area contributed by atoms with Crippen molar-refractivity contribution in [3.8, 4) is 0 Å². The van der Waals surface area contributed by atoms with Crippen LogP contribution in [0.2, 0.25) is 0 Å². The molecule has 3 nitrogen and oxygen atoms in total. The first-order valence-electron chi connectivity index (χ1n) is 6.78. The minimum atomic E-state index is 0.207. The third-order valence-corrected chi connectivity index (χ3v) is 4.77. The Morgan fingerprint density at radius 3 is 2.94 bits per heavy atom. The van der Waals surface area contributed by atoms with Crippen molar-refractivity contribution >= 4 is 17.7 Å². The molecule has 0 saturated heterocycles. The Kier molecular flexibility index (Phi) is 6.97. The van der Waals surface area contributed by atoms with Crippen LogP contribution in [0.1, 0.15) is 46.0 Å². The topological polar surface area (TPSA) is 55.1 Å². The van der Waals surface area contributed by atoms with Gasteiger partial charge in [-0.25, -0.2) is 0 Å². The van der Waals surface area contributed by atoms with Crippen molar-refractivity contribution in [1.29, 1.82) is 0 Å². The molecule has 100 valence electrons. The number of hydrogen-bond acceptors (Lipinski definition) is 3. The monoisotopic (exact) mass is 258 g/mol. The van der Waals surface area contributed by atoms with E-state index in [9.17, 15) is 4.79 Å². The summed E-state index contributed by atoms with van der Waals surface area (Å²) in [4.78, 5) is 11.8. The van der Waals surface area contributed by atoms with Crippen LogP contribution in [0, 0.1) is 5.92 Å². The van der Waals surface area contributed by atoms with Crippen LogP contribution >= 0.6 is 11.8 Å². The van der Waals surface area contributed by atoms with Crippen molar-refractivity contribution in [2.45, 2.75) is 57.2 Å². The highest BCUT2D eigenvalue weighted by atomic mass is 32.2. The van der Waals surface area contributed by atoms with Crippen LogP contribution in [-0.2, 0) is 4.79 Å². The third-order valence-electron chi connectivity index (χ3n) is 3.45. The van der Waals surface area contributed by atoms with Gasteiger partial charge in [0, 0.05) is 17.7 Å². The first-order chi connectivity index (χ1) is 8.17. The second-order valence-corrected chi connectivity index (χ2v) is 6.49. The smallest absolute Gasteiger partial charge is 0.220 e. The van der Waals surface area contributed by atoms with Gasteiger partial charge in [-0.2, -0.15) is 11.8 Å². The van der Waals surface area contributed by atoms with Gasteiger partial charge in [0.2, 0.25) is 5.91 Å². The molecule has 0 aromatic rings. The van der Waals surface area contributed by atoms with Crippen LogP contribution in [0.15, 0.2) is 0 Å². The summed E-state index contributed by atoms with van der Waals surface area (Å²) in [7, 11) is 0. The molecule has 0 radical (unpaired) electrons. The molecule has 0 aromatic heterocycles. The predicted molar refractivity (Wildman–Crippen MR) is 75.2 cm³/mol. The number of carbonyl (C=O) groups is 1. The Morgan fingerprint density at radius 2 is 2.29 bits per heavy atom. The predicted octanol–water partition coefficient (Wildman–Crippen LogP) is 2.15. The molecule has 1 rings (SSSR count). The summed E-state index contributed by atoms with van der Waals surface area (Å²) in [5.74, 6) is 1.80. The van der Waals surface area contributed by atoms with Crippen molar-refractivity contribution in [3.63, 3.8) is 0 Å². The van der Waals surface area contributed by atoms with E-state index in [0.717, 1.165) is 18.6 Å². The maximum Gasteiger partial charge on any atom is 0.220 e. The zero-order valence-electron chi connectivity index (χ0n) is 11.1. The molecule has 0 bridgehead atoms. The van der Waals surface area contributed by atoms with E-state index in [1.165, 1.54) is 12.8 Å². The highest BCUT2D eigenvalue weighted by molar-refractivity contribution is 7.99. The van der Waals surface area contributed by atoms with Crippen molar-refractivity contribution < 1.29 is 4.79 Å². The van der Waals surface area contributed by atoms with Gasteiger partial charge in [-0.05, 0) is 37.5 Å². The zero-order chi connectivity index (χ0) is 12.7. The maximum atomic E-state index is 11.8. The second-order valence-electron chi connectivity index (χ2n) is 4.98. The summed E-state index contributed by atoms with van der Waals surface area (Å²) in [6.07, 6.45) is 5.18. The molecule has 4 heteroatoms. The Hall–Kier alpha value is -0.220. The van der Waals surface area contributed by atoms with Gasteiger partial charge in [0.25, 0.3) is 0 Å². The van der Waals surface area contributed by atoms with E-state index in [1.807, 2.05) is 11.8 Å². The van der Waals surface area contributed by atoms with Crippen LogP contribution in [0.25, 0.3) is 0 Å². The minimum absolute atomic E-state index is 0.207. The summed E-state index contributed by atoms with van der Waals surface area (Å²) < 4.78 is 0. The molecule has 1 saturated carbocycles. The SMILES string of the molecule is CCSC1CCCC1NC(=O)CCC(C)CN. The molecule has 0 spiro atoms. The lowest BCUT2D eigenvalue weighted by atomic mass is 10.1. The van der Waals surface area contributed by atoms with Crippen molar-refractivity contribution in [2.24, 2.45) is 11.7 Å². The molecule has 3 unspecified atom stereocenters. The molecule has 1 amide bonds. The fourth-order valence-corrected chi connectivity index (χ4v) is 3.48. The molecule has 3 atom stereocenters. The van der Waals surface area contributed by atoms with Gasteiger partial charge in [-0.15, -0.1) is 0 Å². The molecule has 0 heterocycles. The van der Waals surface area contributed by atoms with Gasteiger partial charge < -0.3 is 11.1 Å². The lowest BCUT2D eigenvalue weighted by Gasteiger charge is -2.20. The minimum Gasteiger partial charge on any atom is -0.352 e. The summed E-state index contributed by atoms with van der Waals surface area (Å²) in [6.45, 7) is 4.95. The Bertz CT molecular complexity index is 235. The van der Waals surface area contributed by atoms with E-state index in [-0.39, 0.29) is 5.91 Å². The highest BCUT2D eigenvalue weighted by Gasteiger charge is 2.28. The van der Waals surface area contributed by atoms with Crippen LogP contribution in [0.3, 0.4) is 0 Å². The lowest BCUT2D eigenvalue weighted by Crippen LogP contribution is -2.38. The van der Waals surface area contributed by atoms with Gasteiger partial charge in [-0.1, -0.05) is 20.3 Å². The molecule has 0 aliphatic heterocycles. The largest absolute Gasteiger partial charge is 0.352 e. The van der Waals surface area contributed by atoms with Gasteiger partial charge >= 0.3 is 0 Å². The summed E-state index contributed by atoms with van der Waals surface area (Å²) in [6, 6.07) is 0.403. The third kappa shape index (κ3) is 5.30. The lowest BCUT2D eigenvalue weighted by molar-refractivity contribution is -0.122. The summed E-state index contributed by atoms with van der Waals surface area (Å²) in [5, 5.41) is 3.83. The summed E-state index contributed by atoms with van der Waals surface area (Å²) in [5.41, 5.74) is 5.55. The number of nitrogens with one attached hydrogen (secondary N) is 1.